The molecule has 0 spiro atoms. The average molecular weight is 167 g/mol. The smallest absolute Gasteiger partial charge is 0.00202 e. The Morgan fingerprint density at radius 2 is 2.00 bits per heavy atom. The van der Waals surface area contributed by atoms with Crippen LogP contribution in [0.15, 0.2) is 0 Å². The molecule has 1 aliphatic carbocycles. The molecule has 1 heterocycles. The number of nitrogens with one attached hydrogen (secondary N) is 1. The van der Waals surface area contributed by atoms with Crippen molar-refractivity contribution in [3.63, 3.8) is 0 Å². The fourth-order valence-electron chi connectivity index (χ4n) is 2.65. The minimum Gasteiger partial charge on any atom is -0.316 e. The molecule has 1 saturated heterocycles. The summed E-state index contributed by atoms with van der Waals surface area (Å²) < 4.78 is 0. The molecule has 2 rings (SSSR count). The van der Waals surface area contributed by atoms with E-state index in [9.17, 15) is 0 Å². The van der Waals surface area contributed by atoms with Crippen LogP contribution in [0.4, 0.5) is 0 Å². The summed E-state index contributed by atoms with van der Waals surface area (Å²) in [6, 6.07) is 0. The molecule has 70 valence electrons. The van der Waals surface area contributed by atoms with E-state index in [2.05, 4.69) is 12.2 Å². The van der Waals surface area contributed by atoms with E-state index in [1.165, 1.54) is 45.2 Å². The van der Waals surface area contributed by atoms with Gasteiger partial charge in [-0.3, -0.25) is 0 Å². The number of piperidine rings is 1. The second-order valence-electron chi connectivity index (χ2n) is 4.90. The zero-order valence-electron chi connectivity index (χ0n) is 8.18. The zero-order chi connectivity index (χ0) is 8.39. The van der Waals surface area contributed by atoms with Crippen molar-refractivity contribution >= 4 is 0 Å². The van der Waals surface area contributed by atoms with E-state index in [1.807, 2.05) is 0 Å². The van der Waals surface area contributed by atoms with Crippen LogP contribution < -0.4 is 5.32 Å². The molecule has 1 nitrogen and oxygen atoms in total. The fraction of sp³-hybridized carbons (Fsp3) is 1.00. The summed E-state index contributed by atoms with van der Waals surface area (Å²) in [5, 5.41) is 3.54. The third-order valence-corrected chi connectivity index (χ3v) is 3.55. The van der Waals surface area contributed by atoms with Gasteiger partial charge in [0, 0.05) is 0 Å². The van der Waals surface area contributed by atoms with Crippen LogP contribution in [0.5, 0.6) is 0 Å². The average Bonchev–Trinajstić information content (AvgIpc) is 1.97. The van der Waals surface area contributed by atoms with Crippen LogP contribution >= 0.6 is 0 Å². The predicted molar refractivity (Wildman–Crippen MR) is 52.1 cm³/mol. The highest BCUT2D eigenvalue weighted by molar-refractivity contribution is 4.79. The molecule has 1 aliphatic heterocycles. The zero-order valence-corrected chi connectivity index (χ0v) is 8.18. The monoisotopic (exact) mass is 167 g/mol. The maximum absolute atomic E-state index is 3.54. The molecule has 0 bridgehead atoms. The van der Waals surface area contributed by atoms with Gasteiger partial charge in [-0.25, -0.2) is 0 Å². The van der Waals surface area contributed by atoms with Crippen LogP contribution in [0.3, 0.4) is 0 Å². The quantitative estimate of drug-likeness (QED) is 0.666. The van der Waals surface area contributed by atoms with Gasteiger partial charge >= 0.3 is 0 Å². The summed E-state index contributed by atoms with van der Waals surface area (Å²) in [4.78, 5) is 0. The SMILES string of the molecule is CC1CNCC(CC2CCC2)C1. The van der Waals surface area contributed by atoms with Crippen molar-refractivity contribution in [1.82, 2.24) is 5.32 Å². The van der Waals surface area contributed by atoms with E-state index in [1.54, 1.807) is 0 Å². The molecule has 12 heavy (non-hydrogen) atoms. The van der Waals surface area contributed by atoms with Crippen molar-refractivity contribution in [2.24, 2.45) is 17.8 Å². The highest BCUT2D eigenvalue weighted by Gasteiger charge is 2.25. The Balaban J connectivity index is 1.71. The Kier molecular flexibility index (Phi) is 2.69. The maximum atomic E-state index is 3.54. The summed E-state index contributed by atoms with van der Waals surface area (Å²) in [6.07, 6.45) is 7.52. The van der Waals surface area contributed by atoms with Crippen LogP contribution in [-0.4, -0.2) is 13.1 Å². The molecular weight excluding hydrogens is 146 g/mol. The molecule has 0 aromatic heterocycles. The Labute approximate surface area is 75.9 Å². The first-order chi connectivity index (χ1) is 5.84. The van der Waals surface area contributed by atoms with E-state index < -0.39 is 0 Å². The Bertz CT molecular complexity index is 140. The number of hydrogen-bond acceptors (Lipinski definition) is 1. The van der Waals surface area contributed by atoms with Gasteiger partial charge in [0.15, 0.2) is 0 Å². The molecule has 0 radical (unpaired) electrons. The van der Waals surface area contributed by atoms with Crippen molar-refractivity contribution in [2.75, 3.05) is 13.1 Å². The molecule has 2 atom stereocenters. The van der Waals surface area contributed by atoms with E-state index in [4.69, 9.17) is 0 Å². The molecule has 2 unspecified atom stereocenters. The third kappa shape index (κ3) is 2.01. The van der Waals surface area contributed by atoms with Crippen molar-refractivity contribution in [1.29, 1.82) is 0 Å². The molecule has 1 N–H and O–H groups in total. The van der Waals surface area contributed by atoms with E-state index in [-0.39, 0.29) is 0 Å². The third-order valence-electron chi connectivity index (χ3n) is 3.55. The summed E-state index contributed by atoms with van der Waals surface area (Å²) in [6.45, 7) is 4.92. The maximum Gasteiger partial charge on any atom is -0.00202 e. The van der Waals surface area contributed by atoms with Gasteiger partial charge in [-0.15, -0.1) is 0 Å². The normalized spacial score (nSPS) is 37.8. The van der Waals surface area contributed by atoms with Crippen molar-refractivity contribution in [3.8, 4) is 0 Å². The summed E-state index contributed by atoms with van der Waals surface area (Å²) in [5.41, 5.74) is 0. The molecule has 1 heteroatoms. The molecule has 0 aromatic rings. The van der Waals surface area contributed by atoms with Crippen LogP contribution in [0, 0.1) is 17.8 Å². The standard InChI is InChI=1S/C11H21N/c1-9-5-11(8-12-7-9)6-10-3-2-4-10/h9-12H,2-8H2,1H3. The van der Waals surface area contributed by atoms with Gasteiger partial charge in [0.2, 0.25) is 0 Å². The highest BCUT2D eigenvalue weighted by atomic mass is 14.9. The summed E-state index contributed by atoms with van der Waals surface area (Å²) in [5.74, 6) is 3.02. The molecule has 0 amide bonds. The van der Waals surface area contributed by atoms with Gasteiger partial charge in [-0.1, -0.05) is 26.2 Å². The first-order valence-corrected chi connectivity index (χ1v) is 5.55. The second kappa shape index (κ2) is 3.78. The van der Waals surface area contributed by atoms with Gasteiger partial charge in [0.05, 0.1) is 0 Å². The molecule has 0 aromatic carbocycles. The van der Waals surface area contributed by atoms with Gasteiger partial charge in [-0.05, 0) is 43.7 Å². The number of hydrogen-bond donors (Lipinski definition) is 1. The second-order valence-corrected chi connectivity index (χ2v) is 4.90. The minimum atomic E-state index is 0.920. The lowest BCUT2D eigenvalue weighted by Crippen LogP contribution is -2.36. The first-order valence-electron chi connectivity index (χ1n) is 5.55. The van der Waals surface area contributed by atoms with Crippen LogP contribution in [0.1, 0.15) is 39.0 Å². The highest BCUT2D eigenvalue weighted by Crippen LogP contribution is 2.34. The minimum absolute atomic E-state index is 0.920. The van der Waals surface area contributed by atoms with E-state index in [0.29, 0.717) is 0 Å². The summed E-state index contributed by atoms with van der Waals surface area (Å²) >= 11 is 0. The summed E-state index contributed by atoms with van der Waals surface area (Å²) in [7, 11) is 0. The lowest BCUT2D eigenvalue weighted by Gasteiger charge is -2.34. The Morgan fingerprint density at radius 1 is 1.17 bits per heavy atom. The Morgan fingerprint density at radius 3 is 2.58 bits per heavy atom. The van der Waals surface area contributed by atoms with Gasteiger partial charge in [0.25, 0.3) is 0 Å². The van der Waals surface area contributed by atoms with Crippen LogP contribution in [0.25, 0.3) is 0 Å². The van der Waals surface area contributed by atoms with E-state index in [0.717, 1.165) is 17.8 Å². The Hall–Kier alpha value is -0.0400. The van der Waals surface area contributed by atoms with Gasteiger partial charge < -0.3 is 5.32 Å². The lowest BCUT2D eigenvalue weighted by atomic mass is 9.76. The van der Waals surface area contributed by atoms with Crippen LogP contribution in [-0.2, 0) is 0 Å². The predicted octanol–water partition coefficient (Wildman–Crippen LogP) is 2.42. The van der Waals surface area contributed by atoms with Crippen molar-refractivity contribution < 1.29 is 0 Å². The molecule has 1 saturated carbocycles. The van der Waals surface area contributed by atoms with Crippen molar-refractivity contribution in [2.45, 2.75) is 39.0 Å². The van der Waals surface area contributed by atoms with Gasteiger partial charge in [0.1, 0.15) is 0 Å². The molecule has 2 fully saturated rings. The van der Waals surface area contributed by atoms with Gasteiger partial charge in [-0.2, -0.15) is 0 Å². The largest absolute Gasteiger partial charge is 0.316 e. The topological polar surface area (TPSA) is 12.0 Å². The number of rotatable bonds is 2. The lowest BCUT2D eigenvalue weighted by molar-refractivity contribution is 0.202. The van der Waals surface area contributed by atoms with E-state index >= 15 is 0 Å². The molecule has 2 aliphatic rings. The van der Waals surface area contributed by atoms with Crippen LogP contribution in [0.2, 0.25) is 0 Å². The first kappa shape index (κ1) is 8.55. The molecular formula is C11H21N. The fourth-order valence-corrected chi connectivity index (χ4v) is 2.65. The van der Waals surface area contributed by atoms with Crippen molar-refractivity contribution in [3.05, 3.63) is 0 Å².